The molecule has 124 valence electrons. The first-order valence-electron chi connectivity index (χ1n) is 8.04. The molecule has 0 atom stereocenters. The Morgan fingerprint density at radius 2 is 1.80 bits per heavy atom. The second kappa shape index (κ2) is 5.74. The van der Waals surface area contributed by atoms with E-state index in [-0.39, 0.29) is 11.5 Å². The van der Waals surface area contributed by atoms with E-state index in [4.69, 9.17) is 0 Å². The molecule has 4 heteroatoms. The Kier molecular flexibility index (Phi) is 3.53. The van der Waals surface area contributed by atoms with Gasteiger partial charge in [0.1, 0.15) is 11.5 Å². The summed E-state index contributed by atoms with van der Waals surface area (Å²) >= 11 is 0. The van der Waals surface area contributed by atoms with Crippen LogP contribution in [0.2, 0.25) is 0 Å². The number of aromatic nitrogens is 1. The molecular formula is C21H16FNO2. The van der Waals surface area contributed by atoms with E-state index in [1.54, 1.807) is 17.6 Å². The monoisotopic (exact) mass is 333 g/mol. The van der Waals surface area contributed by atoms with E-state index < -0.39 is 5.97 Å². The molecule has 0 radical (unpaired) electrons. The van der Waals surface area contributed by atoms with E-state index in [1.165, 1.54) is 12.1 Å². The van der Waals surface area contributed by atoms with Crippen molar-refractivity contribution in [2.75, 3.05) is 0 Å². The van der Waals surface area contributed by atoms with Crippen LogP contribution in [0.1, 0.15) is 21.6 Å². The first kappa shape index (κ1) is 15.4. The number of nitrogens with zero attached hydrogens (tertiary/aromatic N) is 1. The molecule has 0 unspecified atom stereocenters. The Labute approximate surface area is 143 Å². The van der Waals surface area contributed by atoms with Crippen molar-refractivity contribution in [1.82, 2.24) is 4.57 Å². The van der Waals surface area contributed by atoms with Gasteiger partial charge in [-0.15, -0.1) is 0 Å². The maximum absolute atomic E-state index is 13.6. The summed E-state index contributed by atoms with van der Waals surface area (Å²) in [5.41, 5.74) is 2.54. The third-order valence-corrected chi connectivity index (χ3v) is 4.69. The normalized spacial score (nSPS) is 11.3. The van der Waals surface area contributed by atoms with E-state index in [0.29, 0.717) is 17.5 Å². The topological polar surface area (TPSA) is 42.2 Å². The minimum atomic E-state index is -1.01. The molecule has 0 aliphatic carbocycles. The van der Waals surface area contributed by atoms with Gasteiger partial charge in [0.15, 0.2) is 0 Å². The highest BCUT2D eigenvalue weighted by molar-refractivity contribution is 5.98. The first-order valence-corrected chi connectivity index (χ1v) is 8.04. The average Bonchev–Trinajstić information content (AvgIpc) is 2.87. The molecule has 0 saturated carbocycles. The highest BCUT2D eigenvalue weighted by Gasteiger charge is 2.20. The Morgan fingerprint density at radius 1 is 1.04 bits per heavy atom. The highest BCUT2D eigenvalue weighted by atomic mass is 19.1. The fraction of sp³-hybridized carbons (Fsp3) is 0.0952. The molecule has 4 rings (SSSR count). The van der Waals surface area contributed by atoms with Crippen molar-refractivity contribution in [2.24, 2.45) is 0 Å². The second-order valence-electron chi connectivity index (χ2n) is 6.16. The van der Waals surface area contributed by atoms with E-state index in [9.17, 15) is 14.3 Å². The van der Waals surface area contributed by atoms with Crippen molar-refractivity contribution < 1.29 is 14.3 Å². The van der Waals surface area contributed by atoms with Crippen molar-refractivity contribution >= 4 is 27.6 Å². The van der Waals surface area contributed by atoms with Crippen LogP contribution in [0.3, 0.4) is 0 Å². The van der Waals surface area contributed by atoms with Gasteiger partial charge < -0.3 is 9.67 Å². The number of fused-ring (bicyclic) bond motifs is 2. The molecule has 0 amide bonds. The quantitative estimate of drug-likeness (QED) is 0.574. The molecule has 1 heterocycles. The van der Waals surface area contributed by atoms with Crippen LogP contribution in [0, 0.1) is 12.7 Å². The zero-order chi connectivity index (χ0) is 17.6. The summed E-state index contributed by atoms with van der Waals surface area (Å²) in [6, 6.07) is 18.4. The van der Waals surface area contributed by atoms with Gasteiger partial charge >= 0.3 is 5.97 Å². The van der Waals surface area contributed by atoms with Crippen molar-refractivity contribution in [3.05, 3.63) is 83.3 Å². The first-order chi connectivity index (χ1) is 12.1. The standard InChI is InChI=1S/C21H16FNO2/c1-13-18-11-16(22)9-10-19(18)23(20(13)21(24)25)12-15-7-4-6-14-5-2-3-8-17(14)15/h2-11H,12H2,1H3,(H,24,25). The highest BCUT2D eigenvalue weighted by Crippen LogP contribution is 2.29. The number of hydrogen-bond donors (Lipinski definition) is 1. The smallest absolute Gasteiger partial charge is 0.352 e. The van der Waals surface area contributed by atoms with Crippen LogP contribution < -0.4 is 0 Å². The maximum Gasteiger partial charge on any atom is 0.352 e. The van der Waals surface area contributed by atoms with Crippen LogP contribution in [-0.2, 0) is 6.54 Å². The summed E-state index contributed by atoms with van der Waals surface area (Å²) in [5.74, 6) is -1.37. The SMILES string of the molecule is Cc1c(C(=O)O)n(Cc2cccc3ccccc23)c2ccc(F)cc12. The zero-order valence-electron chi connectivity index (χ0n) is 13.7. The minimum Gasteiger partial charge on any atom is -0.477 e. The van der Waals surface area contributed by atoms with Crippen LogP contribution in [0.15, 0.2) is 60.7 Å². The molecule has 0 fully saturated rings. The molecule has 0 aliphatic rings. The molecular weight excluding hydrogens is 317 g/mol. The summed E-state index contributed by atoms with van der Waals surface area (Å²) in [7, 11) is 0. The predicted octanol–water partition coefficient (Wildman–Crippen LogP) is 4.99. The Balaban J connectivity index is 1.97. The lowest BCUT2D eigenvalue weighted by atomic mass is 10.0. The van der Waals surface area contributed by atoms with Gasteiger partial charge in [0.25, 0.3) is 0 Å². The van der Waals surface area contributed by atoms with Crippen LogP contribution in [0.4, 0.5) is 4.39 Å². The van der Waals surface area contributed by atoms with Gasteiger partial charge in [-0.05, 0) is 47.0 Å². The fourth-order valence-electron chi connectivity index (χ4n) is 3.54. The number of hydrogen-bond acceptors (Lipinski definition) is 1. The molecule has 4 aromatic rings. The van der Waals surface area contributed by atoms with Gasteiger partial charge in [-0.2, -0.15) is 0 Å². The van der Waals surface area contributed by atoms with Crippen molar-refractivity contribution in [1.29, 1.82) is 0 Å². The summed E-state index contributed by atoms with van der Waals surface area (Å²) in [5, 5.41) is 12.5. The lowest BCUT2D eigenvalue weighted by Crippen LogP contribution is -2.10. The number of carbonyl (C=O) groups is 1. The molecule has 3 aromatic carbocycles. The van der Waals surface area contributed by atoms with Crippen LogP contribution >= 0.6 is 0 Å². The van der Waals surface area contributed by atoms with Gasteiger partial charge in [-0.25, -0.2) is 9.18 Å². The number of aromatic carboxylic acids is 1. The van der Waals surface area contributed by atoms with Crippen LogP contribution in [0.25, 0.3) is 21.7 Å². The molecule has 3 nitrogen and oxygen atoms in total. The largest absolute Gasteiger partial charge is 0.477 e. The van der Waals surface area contributed by atoms with Gasteiger partial charge in [0.05, 0.1) is 0 Å². The fourth-order valence-corrected chi connectivity index (χ4v) is 3.54. The Hall–Kier alpha value is -3.14. The molecule has 0 aliphatic heterocycles. The maximum atomic E-state index is 13.6. The molecule has 1 aromatic heterocycles. The van der Waals surface area contributed by atoms with E-state index in [2.05, 4.69) is 0 Å². The van der Waals surface area contributed by atoms with Crippen LogP contribution in [-0.4, -0.2) is 15.6 Å². The predicted molar refractivity (Wildman–Crippen MR) is 96.6 cm³/mol. The summed E-state index contributed by atoms with van der Waals surface area (Å²) < 4.78 is 15.4. The lowest BCUT2D eigenvalue weighted by Gasteiger charge is -2.11. The van der Waals surface area contributed by atoms with Crippen molar-refractivity contribution in [3.63, 3.8) is 0 Å². The van der Waals surface area contributed by atoms with Crippen LogP contribution in [0.5, 0.6) is 0 Å². The lowest BCUT2D eigenvalue weighted by molar-refractivity contribution is 0.0685. The molecule has 1 N–H and O–H groups in total. The summed E-state index contributed by atoms with van der Waals surface area (Å²) in [6.07, 6.45) is 0. The minimum absolute atomic E-state index is 0.202. The van der Waals surface area contributed by atoms with E-state index >= 15 is 0 Å². The van der Waals surface area contributed by atoms with E-state index in [0.717, 1.165) is 21.9 Å². The number of benzene rings is 3. The zero-order valence-corrected chi connectivity index (χ0v) is 13.7. The summed E-state index contributed by atoms with van der Waals surface area (Å²) in [4.78, 5) is 11.8. The molecule has 0 saturated heterocycles. The molecule has 25 heavy (non-hydrogen) atoms. The van der Waals surface area contributed by atoms with E-state index in [1.807, 2.05) is 42.5 Å². The average molecular weight is 333 g/mol. The number of carboxylic acid groups (broad SMARTS) is 1. The van der Waals surface area contributed by atoms with Gasteiger partial charge in [0.2, 0.25) is 0 Å². The van der Waals surface area contributed by atoms with Gasteiger partial charge in [-0.3, -0.25) is 0 Å². The number of halogens is 1. The summed E-state index contributed by atoms with van der Waals surface area (Å²) in [6.45, 7) is 2.14. The Morgan fingerprint density at radius 3 is 2.60 bits per heavy atom. The third-order valence-electron chi connectivity index (χ3n) is 4.69. The number of carboxylic acids is 1. The van der Waals surface area contributed by atoms with Gasteiger partial charge in [-0.1, -0.05) is 42.5 Å². The van der Waals surface area contributed by atoms with Crippen molar-refractivity contribution in [2.45, 2.75) is 13.5 Å². The third kappa shape index (κ3) is 2.47. The molecule has 0 bridgehead atoms. The van der Waals surface area contributed by atoms with Crippen molar-refractivity contribution in [3.8, 4) is 0 Å². The molecule has 0 spiro atoms. The second-order valence-corrected chi connectivity index (χ2v) is 6.16. The van der Waals surface area contributed by atoms with Gasteiger partial charge in [0, 0.05) is 17.4 Å². The Bertz CT molecular complexity index is 1120. The number of rotatable bonds is 3. The number of aryl methyl sites for hydroxylation is 1.